The first-order chi connectivity index (χ1) is 6.79. The van der Waals surface area contributed by atoms with Crippen molar-refractivity contribution in [3.8, 4) is 5.75 Å². The summed E-state index contributed by atoms with van der Waals surface area (Å²) in [5, 5.41) is 11.1. The summed E-state index contributed by atoms with van der Waals surface area (Å²) < 4.78 is 4.99. The highest BCUT2D eigenvalue weighted by atomic mass is 16.5. The number of methoxy groups -OCH3 is 1. The van der Waals surface area contributed by atoms with Gasteiger partial charge >= 0.3 is 0 Å². The number of carbonyl (C=O) groups excluding carboxylic acids is 1. The van der Waals surface area contributed by atoms with Crippen LogP contribution in [-0.4, -0.2) is 31.3 Å². The minimum absolute atomic E-state index is 0.0764. The Kier molecular flexibility index (Phi) is 3.94. The van der Waals surface area contributed by atoms with Crippen LogP contribution in [0.2, 0.25) is 0 Å². The SMILES string of the molecule is COc1c[c]ccc1C(=O)NCCO. The first-order valence-electron chi connectivity index (χ1n) is 4.22. The van der Waals surface area contributed by atoms with Gasteiger partial charge in [-0.1, -0.05) is 6.07 Å². The topological polar surface area (TPSA) is 58.6 Å². The molecule has 4 heteroatoms. The van der Waals surface area contributed by atoms with E-state index in [0.717, 1.165) is 0 Å². The molecule has 0 aliphatic rings. The van der Waals surface area contributed by atoms with Crippen LogP contribution in [0.15, 0.2) is 18.2 Å². The molecule has 1 aromatic carbocycles. The number of ether oxygens (including phenoxy) is 1. The van der Waals surface area contributed by atoms with Crippen molar-refractivity contribution in [3.63, 3.8) is 0 Å². The average Bonchev–Trinajstić information content (AvgIpc) is 2.25. The molecular formula is C10H12NO3. The van der Waals surface area contributed by atoms with E-state index < -0.39 is 0 Å². The number of carbonyl (C=O) groups is 1. The van der Waals surface area contributed by atoms with E-state index in [1.807, 2.05) is 0 Å². The van der Waals surface area contributed by atoms with Crippen molar-refractivity contribution in [1.82, 2.24) is 5.32 Å². The maximum atomic E-state index is 11.5. The molecule has 0 fully saturated rings. The van der Waals surface area contributed by atoms with Gasteiger partial charge in [-0.2, -0.15) is 0 Å². The van der Waals surface area contributed by atoms with Crippen LogP contribution in [0.5, 0.6) is 5.75 Å². The van der Waals surface area contributed by atoms with Crippen LogP contribution in [-0.2, 0) is 0 Å². The summed E-state index contributed by atoms with van der Waals surface area (Å²) in [5.74, 6) is 0.216. The van der Waals surface area contributed by atoms with E-state index in [0.29, 0.717) is 11.3 Å². The Labute approximate surface area is 82.5 Å². The zero-order valence-corrected chi connectivity index (χ0v) is 7.91. The summed E-state index contributed by atoms with van der Waals surface area (Å²) in [6.07, 6.45) is 0. The molecule has 0 bridgehead atoms. The second-order valence-corrected chi connectivity index (χ2v) is 2.61. The lowest BCUT2D eigenvalue weighted by Gasteiger charge is -2.07. The average molecular weight is 194 g/mol. The van der Waals surface area contributed by atoms with Crippen LogP contribution >= 0.6 is 0 Å². The minimum atomic E-state index is -0.259. The van der Waals surface area contributed by atoms with Gasteiger partial charge in [-0.3, -0.25) is 4.79 Å². The van der Waals surface area contributed by atoms with E-state index >= 15 is 0 Å². The number of benzene rings is 1. The van der Waals surface area contributed by atoms with Crippen LogP contribution < -0.4 is 10.1 Å². The van der Waals surface area contributed by atoms with E-state index in [9.17, 15) is 4.79 Å². The minimum Gasteiger partial charge on any atom is -0.496 e. The zero-order valence-electron chi connectivity index (χ0n) is 7.91. The van der Waals surface area contributed by atoms with Gasteiger partial charge in [0.2, 0.25) is 0 Å². The molecule has 1 amide bonds. The van der Waals surface area contributed by atoms with E-state index in [4.69, 9.17) is 9.84 Å². The molecule has 2 N–H and O–H groups in total. The molecule has 0 atom stereocenters. The molecule has 0 saturated heterocycles. The second kappa shape index (κ2) is 5.24. The highest BCUT2D eigenvalue weighted by Gasteiger charge is 2.09. The number of hydrogen-bond acceptors (Lipinski definition) is 3. The van der Waals surface area contributed by atoms with Crippen molar-refractivity contribution in [1.29, 1.82) is 0 Å². The summed E-state index contributed by atoms with van der Waals surface area (Å²) >= 11 is 0. The molecule has 0 aliphatic carbocycles. The fraction of sp³-hybridized carbons (Fsp3) is 0.300. The van der Waals surface area contributed by atoms with Crippen molar-refractivity contribution in [2.45, 2.75) is 0 Å². The van der Waals surface area contributed by atoms with E-state index in [-0.39, 0.29) is 19.1 Å². The summed E-state index contributed by atoms with van der Waals surface area (Å²) in [6.45, 7) is 0.160. The van der Waals surface area contributed by atoms with Crippen LogP contribution in [0.1, 0.15) is 10.4 Å². The standard InChI is InChI=1S/C10H12NO3/c1-14-9-5-3-2-4-8(9)10(13)11-6-7-12/h2,4-5,12H,6-7H2,1H3,(H,11,13). The third kappa shape index (κ3) is 2.47. The summed E-state index contributed by atoms with van der Waals surface area (Å²) in [7, 11) is 1.49. The van der Waals surface area contributed by atoms with Crippen LogP contribution in [0.3, 0.4) is 0 Å². The van der Waals surface area contributed by atoms with Crippen LogP contribution in [0.4, 0.5) is 0 Å². The number of rotatable bonds is 4. The number of amides is 1. The Morgan fingerprint density at radius 3 is 3.14 bits per heavy atom. The third-order valence-electron chi connectivity index (χ3n) is 1.69. The molecule has 0 aliphatic heterocycles. The maximum absolute atomic E-state index is 11.5. The van der Waals surface area contributed by atoms with E-state index in [1.165, 1.54) is 7.11 Å². The van der Waals surface area contributed by atoms with Gasteiger partial charge < -0.3 is 15.2 Å². The Bertz CT molecular complexity index is 312. The Morgan fingerprint density at radius 1 is 1.71 bits per heavy atom. The molecule has 1 aromatic rings. The van der Waals surface area contributed by atoms with E-state index in [1.54, 1.807) is 18.2 Å². The second-order valence-electron chi connectivity index (χ2n) is 2.61. The monoisotopic (exact) mass is 194 g/mol. The number of aliphatic hydroxyl groups is 1. The van der Waals surface area contributed by atoms with Gasteiger partial charge in [0.15, 0.2) is 0 Å². The van der Waals surface area contributed by atoms with Crippen LogP contribution in [0.25, 0.3) is 0 Å². The zero-order chi connectivity index (χ0) is 10.4. The molecule has 0 heterocycles. The molecule has 0 spiro atoms. The fourth-order valence-electron chi connectivity index (χ4n) is 1.04. The van der Waals surface area contributed by atoms with Gasteiger partial charge in [-0.15, -0.1) is 0 Å². The predicted octanol–water partition coefficient (Wildman–Crippen LogP) is 0.217. The van der Waals surface area contributed by atoms with Gasteiger partial charge in [0, 0.05) is 6.54 Å². The van der Waals surface area contributed by atoms with Gasteiger partial charge in [0.25, 0.3) is 5.91 Å². The molecular weight excluding hydrogens is 182 g/mol. The number of nitrogens with one attached hydrogen (secondary N) is 1. The lowest BCUT2D eigenvalue weighted by atomic mass is 10.2. The molecule has 1 rings (SSSR count). The third-order valence-corrected chi connectivity index (χ3v) is 1.69. The Hall–Kier alpha value is -1.55. The fourth-order valence-corrected chi connectivity index (χ4v) is 1.04. The Balaban J connectivity index is 2.78. The van der Waals surface area contributed by atoms with Crippen molar-refractivity contribution < 1.29 is 14.6 Å². The summed E-state index contributed by atoms with van der Waals surface area (Å²) in [5.41, 5.74) is 0.444. The van der Waals surface area contributed by atoms with Crippen molar-refractivity contribution in [2.75, 3.05) is 20.3 Å². The van der Waals surface area contributed by atoms with Crippen LogP contribution in [0, 0.1) is 6.07 Å². The molecule has 75 valence electrons. The first-order valence-corrected chi connectivity index (χ1v) is 4.22. The smallest absolute Gasteiger partial charge is 0.255 e. The van der Waals surface area contributed by atoms with Gasteiger partial charge in [0.05, 0.1) is 19.3 Å². The number of hydrogen-bond donors (Lipinski definition) is 2. The van der Waals surface area contributed by atoms with Gasteiger partial charge in [0.1, 0.15) is 5.75 Å². The lowest BCUT2D eigenvalue weighted by Crippen LogP contribution is -2.26. The molecule has 0 aromatic heterocycles. The predicted molar refractivity (Wildman–Crippen MR) is 51.2 cm³/mol. The first kappa shape index (κ1) is 10.5. The molecule has 0 unspecified atom stereocenters. The number of aliphatic hydroxyl groups excluding tert-OH is 1. The lowest BCUT2D eigenvalue weighted by molar-refractivity contribution is 0.0941. The van der Waals surface area contributed by atoms with E-state index in [2.05, 4.69) is 11.4 Å². The summed E-state index contributed by atoms with van der Waals surface area (Å²) in [6, 6.07) is 7.65. The molecule has 0 saturated carbocycles. The quantitative estimate of drug-likeness (QED) is 0.720. The highest BCUT2D eigenvalue weighted by Crippen LogP contribution is 2.16. The molecule has 14 heavy (non-hydrogen) atoms. The van der Waals surface area contributed by atoms with Crippen molar-refractivity contribution in [2.24, 2.45) is 0 Å². The molecule has 4 nitrogen and oxygen atoms in total. The largest absolute Gasteiger partial charge is 0.496 e. The highest BCUT2D eigenvalue weighted by molar-refractivity contribution is 5.96. The Morgan fingerprint density at radius 2 is 2.50 bits per heavy atom. The normalized spacial score (nSPS) is 9.57. The van der Waals surface area contributed by atoms with Crippen molar-refractivity contribution in [3.05, 3.63) is 29.8 Å². The van der Waals surface area contributed by atoms with Crippen molar-refractivity contribution >= 4 is 5.91 Å². The summed E-state index contributed by atoms with van der Waals surface area (Å²) in [4.78, 5) is 11.5. The van der Waals surface area contributed by atoms with Gasteiger partial charge in [-0.25, -0.2) is 0 Å². The van der Waals surface area contributed by atoms with Gasteiger partial charge in [-0.05, 0) is 18.2 Å². The maximum Gasteiger partial charge on any atom is 0.255 e. The molecule has 1 radical (unpaired) electrons.